The van der Waals surface area contributed by atoms with Crippen LogP contribution in [-0.4, -0.2) is 83.4 Å². The van der Waals surface area contributed by atoms with Crippen LogP contribution in [-0.2, 0) is 33.2 Å². The molecule has 2 heterocycles. The van der Waals surface area contributed by atoms with Gasteiger partial charge in [0, 0.05) is 41.3 Å². The Balaban J connectivity index is 0.000000220. The molecule has 2 fully saturated rings. The molecule has 0 aromatic rings. The van der Waals surface area contributed by atoms with E-state index in [2.05, 4.69) is 0 Å². The second-order valence-corrected chi connectivity index (χ2v) is 4.95. The lowest BCUT2D eigenvalue weighted by Gasteiger charge is -2.38. The minimum absolute atomic E-state index is 0.0850. The van der Waals surface area contributed by atoms with E-state index in [-0.39, 0.29) is 19.0 Å². The molecule has 2 aliphatic rings. The Labute approximate surface area is 130 Å². The first-order valence-corrected chi connectivity index (χ1v) is 7.07. The first kappa shape index (κ1) is 19.4. The number of rotatable bonds is 4. The summed E-state index contributed by atoms with van der Waals surface area (Å²) in [7, 11) is 5.98. The summed E-state index contributed by atoms with van der Waals surface area (Å²) in [5.41, 5.74) is 0. The normalized spacial score (nSPS) is 27.0. The standard InChI is InChI=1S/C7H14O4.C7H12O4/c2*1-9-7(10-2)3-4-11-5-6(7)8/h6,8H,3-5H2,1-2H3;3-5H2,1-2H3/t6-;/m1./s1. The van der Waals surface area contributed by atoms with Crippen LogP contribution in [0.3, 0.4) is 0 Å². The molecule has 2 rings (SSSR count). The van der Waals surface area contributed by atoms with Gasteiger partial charge in [0.05, 0.1) is 19.8 Å². The Morgan fingerprint density at radius 3 is 1.95 bits per heavy atom. The summed E-state index contributed by atoms with van der Waals surface area (Å²) < 4.78 is 30.1. The van der Waals surface area contributed by atoms with Gasteiger partial charge < -0.3 is 33.5 Å². The molecule has 0 bridgehead atoms. The number of carbonyl (C=O) groups excluding carboxylic acids is 1. The maximum atomic E-state index is 11.2. The number of carbonyl (C=O) groups is 1. The van der Waals surface area contributed by atoms with Gasteiger partial charge in [-0.05, 0) is 0 Å². The molecule has 130 valence electrons. The molecule has 8 heteroatoms. The Bertz CT molecular complexity index is 338. The van der Waals surface area contributed by atoms with Gasteiger partial charge in [0.2, 0.25) is 11.6 Å². The third-order valence-corrected chi connectivity index (χ3v) is 3.96. The molecule has 0 unspecified atom stereocenters. The van der Waals surface area contributed by atoms with Crippen molar-refractivity contribution >= 4 is 5.78 Å². The van der Waals surface area contributed by atoms with Crippen LogP contribution in [0.15, 0.2) is 0 Å². The number of aliphatic hydroxyl groups is 1. The zero-order valence-corrected chi connectivity index (χ0v) is 13.6. The van der Waals surface area contributed by atoms with E-state index in [0.29, 0.717) is 26.1 Å². The highest BCUT2D eigenvalue weighted by atomic mass is 16.7. The van der Waals surface area contributed by atoms with E-state index >= 15 is 0 Å². The van der Waals surface area contributed by atoms with Crippen molar-refractivity contribution in [3.63, 3.8) is 0 Å². The van der Waals surface area contributed by atoms with Crippen LogP contribution in [0.1, 0.15) is 12.8 Å². The maximum absolute atomic E-state index is 11.2. The Kier molecular flexibility index (Phi) is 7.84. The van der Waals surface area contributed by atoms with Gasteiger partial charge in [0.25, 0.3) is 0 Å². The molecule has 0 radical (unpaired) electrons. The van der Waals surface area contributed by atoms with Crippen molar-refractivity contribution in [3.05, 3.63) is 0 Å². The second kappa shape index (κ2) is 8.88. The van der Waals surface area contributed by atoms with Crippen LogP contribution in [0.4, 0.5) is 0 Å². The van der Waals surface area contributed by atoms with Gasteiger partial charge in [-0.3, -0.25) is 4.79 Å². The quantitative estimate of drug-likeness (QED) is 0.707. The van der Waals surface area contributed by atoms with Gasteiger partial charge in [0.15, 0.2) is 5.79 Å². The summed E-state index contributed by atoms with van der Waals surface area (Å²) in [4.78, 5) is 11.2. The number of methoxy groups -OCH3 is 4. The summed E-state index contributed by atoms with van der Waals surface area (Å²) in [6, 6.07) is 0. The Hall–Kier alpha value is -0.610. The molecule has 1 atom stereocenters. The van der Waals surface area contributed by atoms with Crippen molar-refractivity contribution in [2.45, 2.75) is 30.5 Å². The van der Waals surface area contributed by atoms with Crippen molar-refractivity contribution in [2.24, 2.45) is 0 Å². The SMILES string of the molecule is COC1(OC)CCOCC1=O.COC1(OC)CCOC[C@H]1O. The van der Waals surface area contributed by atoms with Gasteiger partial charge in [0.1, 0.15) is 12.7 Å². The highest BCUT2D eigenvalue weighted by molar-refractivity contribution is 5.87. The maximum Gasteiger partial charge on any atom is 0.233 e. The minimum atomic E-state index is -1.04. The number of Topliss-reactive ketones (excluding diaryl/α,β-unsaturated/α-hetero) is 1. The molecule has 0 saturated carbocycles. The third kappa shape index (κ3) is 4.23. The molecule has 0 aromatic heterocycles. The molecule has 0 aliphatic carbocycles. The zero-order valence-electron chi connectivity index (χ0n) is 13.6. The number of aliphatic hydroxyl groups excluding tert-OH is 1. The van der Waals surface area contributed by atoms with Gasteiger partial charge in [-0.2, -0.15) is 0 Å². The van der Waals surface area contributed by atoms with Crippen LogP contribution in [0.25, 0.3) is 0 Å². The number of hydrogen-bond donors (Lipinski definition) is 1. The van der Waals surface area contributed by atoms with Crippen LogP contribution < -0.4 is 0 Å². The lowest BCUT2D eigenvalue weighted by Crippen LogP contribution is -2.52. The van der Waals surface area contributed by atoms with Gasteiger partial charge in [-0.15, -0.1) is 0 Å². The molecule has 1 N–H and O–H groups in total. The lowest BCUT2D eigenvalue weighted by molar-refractivity contribution is -0.292. The molecule has 0 amide bonds. The highest BCUT2D eigenvalue weighted by Gasteiger charge is 2.41. The molecule has 0 spiro atoms. The Morgan fingerprint density at radius 1 is 1.00 bits per heavy atom. The topological polar surface area (TPSA) is 92.7 Å². The minimum Gasteiger partial charge on any atom is -0.385 e. The lowest BCUT2D eigenvalue weighted by atomic mass is 10.1. The molecular formula is C14H26O8. The van der Waals surface area contributed by atoms with Gasteiger partial charge >= 0.3 is 0 Å². The van der Waals surface area contributed by atoms with Crippen molar-refractivity contribution in [2.75, 3.05) is 54.9 Å². The van der Waals surface area contributed by atoms with E-state index in [1.54, 1.807) is 0 Å². The molecular weight excluding hydrogens is 296 g/mol. The fraction of sp³-hybridized carbons (Fsp3) is 0.929. The highest BCUT2D eigenvalue weighted by Crippen LogP contribution is 2.25. The van der Waals surface area contributed by atoms with Crippen LogP contribution in [0.5, 0.6) is 0 Å². The van der Waals surface area contributed by atoms with Crippen molar-refractivity contribution in [3.8, 4) is 0 Å². The average Bonchev–Trinajstić information content (AvgIpc) is 2.57. The van der Waals surface area contributed by atoms with E-state index < -0.39 is 17.7 Å². The first-order chi connectivity index (χ1) is 10.5. The molecule has 2 aliphatic heterocycles. The fourth-order valence-corrected chi connectivity index (χ4v) is 2.40. The number of ether oxygens (including phenoxy) is 6. The van der Waals surface area contributed by atoms with Crippen LogP contribution in [0, 0.1) is 0 Å². The predicted molar refractivity (Wildman–Crippen MR) is 75.4 cm³/mol. The Morgan fingerprint density at radius 2 is 1.59 bits per heavy atom. The van der Waals surface area contributed by atoms with E-state index in [1.165, 1.54) is 28.4 Å². The monoisotopic (exact) mass is 322 g/mol. The molecule has 8 nitrogen and oxygen atoms in total. The summed E-state index contributed by atoms with van der Waals surface area (Å²) >= 11 is 0. The predicted octanol–water partition coefficient (Wildman–Crippen LogP) is -0.278. The summed E-state index contributed by atoms with van der Waals surface area (Å²) in [5, 5.41) is 9.44. The van der Waals surface area contributed by atoms with E-state index in [1.807, 2.05) is 0 Å². The molecule has 2 saturated heterocycles. The van der Waals surface area contributed by atoms with Gasteiger partial charge in [-0.25, -0.2) is 0 Å². The second-order valence-electron chi connectivity index (χ2n) is 4.95. The summed E-state index contributed by atoms with van der Waals surface area (Å²) in [6.45, 7) is 1.44. The van der Waals surface area contributed by atoms with Crippen molar-refractivity contribution < 1.29 is 38.3 Å². The van der Waals surface area contributed by atoms with Crippen LogP contribution >= 0.6 is 0 Å². The van der Waals surface area contributed by atoms with E-state index in [0.717, 1.165) is 0 Å². The van der Waals surface area contributed by atoms with Gasteiger partial charge in [-0.1, -0.05) is 0 Å². The first-order valence-electron chi connectivity index (χ1n) is 7.07. The largest absolute Gasteiger partial charge is 0.385 e. The van der Waals surface area contributed by atoms with Crippen molar-refractivity contribution in [1.29, 1.82) is 0 Å². The van der Waals surface area contributed by atoms with Crippen LogP contribution in [0.2, 0.25) is 0 Å². The average molecular weight is 322 g/mol. The third-order valence-electron chi connectivity index (χ3n) is 3.96. The summed E-state index contributed by atoms with van der Waals surface area (Å²) in [5.74, 6) is -2.04. The fourth-order valence-electron chi connectivity index (χ4n) is 2.40. The smallest absolute Gasteiger partial charge is 0.233 e. The zero-order chi connectivity index (χ0) is 16.6. The summed E-state index contributed by atoms with van der Waals surface area (Å²) in [6.07, 6.45) is 0.353. The van der Waals surface area contributed by atoms with E-state index in [4.69, 9.17) is 28.4 Å². The molecule has 22 heavy (non-hydrogen) atoms. The van der Waals surface area contributed by atoms with Crippen molar-refractivity contribution in [1.82, 2.24) is 0 Å². The number of ketones is 1. The number of hydrogen-bond acceptors (Lipinski definition) is 8. The molecule has 0 aromatic carbocycles. The van der Waals surface area contributed by atoms with E-state index in [9.17, 15) is 9.90 Å².